The van der Waals surface area contributed by atoms with Gasteiger partial charge >= 0.3 is 0 Å². The molecule has 2 rings (SSSR count). The molecule has 1 atom stereocenters. The summed E-state index contributed by atoms with van der Waals surface area (Å²) >= 11 is 1.74. The minimum Gasteiger partial charge on any atom is -0.309 e. The van der Waals surface area contributed by atoms with Crippen LogP contribution in [0.15, 0.2) is 29.4 Å². The third-order valence-corrected chi connectivity index (χ3v) is 4.48. The summed E-state index contributed by atoms with van der Waals surface area (Å²) in [6.07, 6.45) is 0. The Morgan fingerprint density at radius 3 is 2.45 bits per heavy atom. The van der Waals surface area contributed by atoms with E-state index >= 15 is 0 Å². The van der Waals surface area contributed by atoms with Crippen LogP contribution in [0.25, 0.3) is 0 Å². The molecule has 1 N–H and O–H groups in total. The van der Waals surface area contributed by atoms with Crippen LogP contribution in [0.5, 0.6) is 0 Å². The highest BCUT2D eigenvalue weighted by Crippen LogP contribution is 2.23. The van der Waals surface area contributed by atoms with Gasteiger partial charge in [-0.2, -0.15) is 0 Å². The first-order chi connectivity index (χ1) is 9.61. The zero-order valence-electron chi connectivity index (χ0n) is 12.6. The predicted octanol–water partition coefficient (Wildman–Crippen LogP) is 2.87. The third-order valence-electron chi connectivity index (χ3n) is 3.36. The molecule has 0 fully saturated rings. The first-order valence-corrected chi connectivity index (χ1v) is 7.89. The van der Waals surface area contributed by atoms with E-state index < -0.39 is 0 Å². The van der Waals surface area contributed by atoms with E-state index in [1.807, 2.05) is 18.5 Å². The molecular formula is C15H22N4S. The number of nitrogens with zero attached hydrogens (tertiary/aromatic N) is 3. The number of benzene rings is 1. The van der Waals surface area contributed by atoms with Crippen molar-refractivity contribution in [3.05, 3.63) is 41.2 Å². The van der Waals surface area contributed by atoms with Crippen LogP contribution < -0.4 is 5.32 Å². The van der Waals surface area contributed by atoms with Crippen LogP contribution in [0.3, 0.4) is 0 Å². The Morgan fingerprint density at radius 2 is 1.90 bits per heavy atom. The Hall–Kier alpha value is -1.33. The van der Waals surface area contributed by atoms with E-state index in [0.29, 0.717) is 6.04 Å². The molecular weight excluding hydrogens is 268 g/mol. The molecule has 108 valence electrons. The molecule has 2 aromatic rings. The normalized spacial score (nSPS) is 12.6. The first kappa shape index (κ1) is 15.1. The lowest BCUT2D eigenvalue weighted by Gasteiger charge is -2.18. The van der Waals surface area contributed by atoms with Gasteiger partial charge in [0, 0.05) is 18.8 Å². The first-order valence-electron chi connectivity index (χ1n) is 6.90. The lowest BCUT2D eigenvalue weighted by molar-refractivity contribution is 0.604. The second kappa shape index (κ2) is 6.90. The maximum atomic E-state index is 4.20. The number of rotatable bonds is 6. The minimum atomic E-state index is 0.336. The average Bonchev–Trinajstić information content (AvgIpc) is 2.76. The molecule has 0 amide bonds. The quantitative estimate of drug-likeness (QED) is 0.831. The molecule has 1 unspecified atom stereocenters. The Kier molecular flexibility index (Phi) is 5.20. The maximum Gasteiger partial charge on any atom is 0.191 e. The Balaban J connectivity index is 2.06. The molecule has 4 nitrogen and oxygen atoms in total. The van der Waals surface area contributed by atoms with Gasteiger partial charge in [-0.05, 0) is 26.0 Å². The van der Waals surface area contributed by atoms with Gasteiger partial charge in [0.15, 0.2) is 5.16 Å². The van der Waals surface area contributed by atoms with Gasteiger partial charge in [-0.3, -0.25) is 0 Å². The maximum absolute atomic E-state index is 4.20. The van der Waals surface area contributed by atoms with Crippen molar-refractivity contribution >= 4 is 11.8 Å². The summed E-state index contributed by atoms with van der Waals surface area (Å²) < 4.78 is 2.03. The van der Waals surface area contributed by atoms with E-state index in [0.717, 1.165) is 23.3 Å². The standard InChI is InChI=1S/C15H22N4S/c1-5-16-14(13-8-6-11(2)7-9-13)10-20-15-18-17-12(3)19(15)4/h6-9,14,16H,5,10H2,1-4H3. The molecule has 1 heterocycles. The van der Waals surface area contributed by atoms with Gasteiger partial charge in [0.1, 0.15) is 5.82 Å². The molecule has 0 spiro atoms. The second-order valence-electron chi connectivity index (χ2n) is 4.92. The zero-order chi connectivity index (χ0) is 14.5. The van der Waals surface area contributed by atoms with E-state index in [4.69, 9.17) is 0 Å². The molecule has 0 radical (unpaired) electrons. The van der Waals surface area contributed by atoms with Crippen LogP contribution in [0.2, 0.25) is 0 Å². The van der Waals surface area contributed by atoms with Gasteiger partial charge in [0.05, 0.1) is 0 Å². The van der Waals surface area contributed by atoms with Crippen molar-refractivity contribution in [2.24, 2.45) is 7.05 Å². The molecule has 0 aliphatic rings. The monoisotopic (exact) mass is 290 g/mol. The molecule has 0 aliphatic carbocycles. The van der Waals surface area contributed by atoms with Gasteiger partial charge in [0.2, 0.25) is 0 Å². The van der Waals surface area contributed by atoms with E-state index in [-0.39, 0.29) is 0 Å². The zero-order valence-corrected chi connectivity index (χ0v) is 13.4. The number of hydrogen-bond donors (Lipinski definition) is 1. The van der Waals surface area contributed by atoms with Crippen molar-refractivity contribution in [1.82, 2.24) is 20.1 Å². The third kappa shape index (κ3) is 3.61. The highest BCUT2D eigenvalue weighted by molar-refractivity contribution is 7.99. The Morgan fingerprint density at radius 1 is 1.20 bits per heavy atom. The average molecular weight is 290 g/mol. The van der Waals surface area contributed by atoms with Crippen molar-refractivity contribution in [2.45, 2.75) is 32.0 Å². The summed E-state index contributed by atoms with van der Waals surface area (Å²) in [6, 6.07) is 9.06. The van der Waals surface area contributed by atoms with E-state index in [1.165, 1.54) is 11.1 Å². The Bertz CT molecular complexity index is 548. The summed E-state index contributed by atoms with van der Waals surface area (Å²) in [5.74, 6) is 1.89. The number of thioether (sulfide) groups is 1. The van der Waals surface area contributed by atoms with Crippen molar-refractivity contribution in [1.29, 1.82) is 0 Å². The van der Waals surface area contributed by atoms with Crippen LogP contribution in [-0.4, -0.2) is 27.1 Å². The van der Waals surface area contributed by atoms with Crippen LogP contribution >= 0.6 is 11.8 Å². The van der Waals surface area contributed by atoms with Gasteiger partial charge in [-0.1, -0.05) is 48.5 Å². The molecule has 1 aromatic heterocycles. The number of aryl methyl sites for hydroxylation is 2. The van der Waals surface area contributed by atoms with Crippen molar-refractivity contribution in [3.8, 4) is 0 Å². The fourth-order valence-corrected chi connectivity index (χ4v) is 3.04. The fraction of sp³-hybridized carbons (Fsp3) is 0.467. The predicted molar refractivity (Wildman–Crippen MR) is 84.1 cm³/mol. The SMILES string of the molecule is CCNC(CSc1nnc(C)n1C)c1ccc(C)cc1. The fourth-order valence-electron chi connectivity index (χ4n) is 1.99. The van der Waals surface area contributed by atoms with Crippen molar-refractivity contribution in [2.75, 3.05) is 12.3 Å². The van der Waals surface area contributed by atoms with Gasteiger partial charge in [-0.25, -0.2) is 0 Å². The van der Waals surface area contributed by atoms with Gasteiger partial charge in [-0.15, -0.1) is 10.2 Å². The van der Waals surface area contributed by atoms with Crippen LogP contribution in [0.4, 0.5) is 0 Å². The lowest BCUT2D eigenvalue weighted by atomic mass is 10.1. The second-order valence-corrected chi connectivity index (χ2v) is 5.91. The Labute approximate surface area is 125 Å². The summed E-state index contributed by atoms with van der Waals surface area (Å²) in [6.45, 7) is 7.18. The van der Waals surface area contributed by atoms with Crippen LogP contribution in [-0.2, 0) is 7.05 Å². The molecule has 0 aliphatic heterocycles. The van der Waals surface area contributed by atoms with Crippen molar-refractivity contribution < 1.29 is 0 Å². The highest BCUT2D eigenvalue weighted by Gasteiger charge is 2.13. The summed E-state index contributed by atoms with van der Waals surface area (Å²) in [4.78, 5) is 0. The van der Waals surface area contributed by atoms with Gasteiger partial charge < -0.3 is 9.88 Å². The molecule has 0 saturated heterocycles. The molecule has 20 heavy (non-hydrogen) atoms. The molecule has 0 saturated carbocycles. The van der Waals surface area contributed by atoms with E-state index in [2.05, 4.69) is 53.6 Å². The van der Waals surface area contributed by atoms with Crippen molar-refractivity contribution in [3.63, 3.8) is 0 Å². The largest absolute Gasteiger partial charge is 0.309 e. The molecule has 5 heteroatoms. The number of nitrogens with one attached hydrogen (secondary N) is 1. The minimum absolute atomic E-state index is 0.336. The summed E-state index contributed by atoms with van der Waals surface area (Å²) in [5, 5.41) is 12.8. The summed E-state index contributed by atoms with van der Waals surface area (Å²) in [5.41, 5.74) is 2.62. The van der Waals surface area contributed by atoms with E-state index in [1.54, 1.807) is 11.8 Å². The van der Waals surface area contributed by atoms with Gasteiger partial charge in [0.25, 0.3) is 0 Å². The van der Waals surface area contributed by atoms with E-state index in [9.17, 15) is 0 Å². The van der Waals surface area contributed by atoms with Crippen LogP contribution in [0.1, 0.15) is 29.9 Å². The topological polar surface area (TPSA) is 42.7 Å². The highest BCUT2D eigenvalue weighted by atomic mass is 32.2. The smallest absolute Gasteiger partial charge is 0.191 e. The number of aromatic nitrogens is 3. The number of hydrogen-bond acceptors (Lipinski definition) is 4. The molecule has 0 bridgehead atoms. The summed E-state index contributed by atoms with van der Waals surface area (Å²) in [7, 11) is 2.01. The van der Waals surface area contributed by atoms with Crippen LogP contribution in [0, 0.1) is 13.8 Å². The lowest BCUT2D eigenvalue weighted by Crippen LogP contribution is -2.23. The molecule has 1 aromatic carbocycles.